The van der Waals surface area contributed by atoms with E-state index in [1.807, 2.05) is 13.0 Å². The first kappa shape index (κ1) is 17.7. The van der Waals surface area contributed by atoms with Gasteiger partial charge in [-0.2, -0.15) is 5.10 Å². The molecule has 3 fully saturated rings. The molecular weight excluding hydrogens is 378 g/mol. The van der Waals surface area contributed by atoms with Gasteiger partial charge in [-0.05, 0) is 32.3 Å². The quantitative estimate of drug-likeness (QED) is 0.772. The summed E-state index contributed by atoms with van der Waals surface area (Å²) < 4.78 is 2.12. The molecular formula is C19H23N5O3S. The largest absolute Gasteiger partial charge is 0.347 e. The molecule has 1 aliphatic carbocycles. The Morgan fingerprint density at radius 2 is 2.07 bits per heavy atom. The van der Waals surface area contributed by atoms with Crippen LogP contribution in [0.1, 0.15) is 59.9 Å². The zero-order valence-electron chi connectivity index (χ0n) is 15.7. The average molecular weight is 401 g/mol. The molecule has 1 saturated carbocycles. The van der Waals surface area contributed by atoms with Crippen molar-refractivity contribution < 1.29 is 14.4 Å². The Balaban J connectivity index is 1.34. The van der Waals surface area contributed by atoms with Gasteiger partial charge in [-0.15, -0.1) is 11.3 Å². The highest BCUT2D eigenvalue weighted by Crippen LogP contribution is 2.35. The van der Waals surface area contributed by atoms with E-state index < -0.39 is 6.04 Å². The Bertz CT molecular complexity index is 952. The van der Waals surface area contributed by atoms with Crippen molar-refractivity contribution in [3.63, 3.8) is 0 Å². The number of amides is 4. The molecule has 2 aromatic rings. The highest BCUT2D eigenvalue weighted by Gasteiger charge is 2.46. The fourth-order valence-corrected chi connectivity index (χ4v) is 5.82. The number of carbonyl (C=O) groups is 3. The summed E-state index contributed by atoms with van der Waals surface area (Å²) >= 11 is 1.48. The Morgan fingerprint density at radius 1 is 1.29 bits per heavy atom. The number of nitrogens with zero attached hydrogens (tertiary/aromatic N) is 3. The van der Waals surface area contributed by atoms with Crippen molar-refractivity contribution in [2.45, 2.75) is 63.6 Å². The van der Waals surface area contributed by atoms with Gasteiger partial charge in [-0.1, -0.05) is 19.3 Å². The molecule has 2 aliphatic heterocycles. The second-order valence-electron chi connectivity index (χ2n) is 8.02. The molecule has 2 aromatic heterocycles. The van der Waals surface area contributed by atoms with E-state index in [9.17, 15) is 14.4 Å². The minimum atomic E-state index is -0.456. The summed E-state index contributed by atoms with van der Waals surface area (Å²) in [5.74, 6) is -0.415. The molecule has 2 atom stereocenters. The van der Waals surface area contributed by atoms with Crippen molar-refractivity contribution in [1.29, 1.82) is 0 Å². The van der Waals surface area contributed by atoms with Gasteiger partial charge in [-0.25, -0.2) is 4.79 Å². The summed E-state index contributed by atoms with van der Waals surface area (Å²) in [6, 6.07) is 1.32. The number of rotatable bonds is 3. The zero-order chi connectivity index (χ0) is 19.4. The van der Waals surface area contributed by atoms with E-state index in [0.29, 0.717) is 23.9 Å². The number of hydrogen-bond donors (Lipinski definition) is 2. The van der Waals surface area contributed by atoms with Gasteiger partial charge in [0.1, 0.15) is 10.9 Å². The van der Waals surface area contributed by atoms with Crippen molar-refractivity contribution in [2.75, 3.05) is 6.54 Å². The van der Waals surface area contributed by atoms with E-state index in [4.69, 9.17) is 5.10 Å². The number of urea groups is 1. The second kappa shape index (κ2) is 6.58. The summed E-state index contributed by atoms with van der Waals surface area (Å²) in [4.78, 5) is 39.6. The van der Waals surface area contributed by atoms with Crippen molar-refractivity contribution in [3.8, 4) is 0 Å². The van der Waals surface area contributed by atoms with Crippen LogP contribution in [0.15, 0.2) is 6.07 Å². The fraction of sp³-hybridized carbons (Fsp3) is 0.579. The molecule has 2 saturated heterocycles. The molecule has 0 aromatic carbocycles. The lowest BCUT2D eigenvalue weighted by molar-refractivity contribution is -0.121. The second-order valence-corrected chi connectivity index (χ2v) is 9.05. The molecule has 3 aliphatic rings. The van der Waals surface area contributed by atoms with E-state index in [1.54, 1.807) is 0 Å². The van der Waals surface area contributed by atoms with Crippen LogP contribution in [0.4, 0.5) is 4.79 Å². The predicted molar refractivity (Wildman–Crippen MR) is 104 cm³/mol. The Hall–Kier alpha value is -2.42. The van der Waals surface area contributed by atoms with Gasteiger partial charge in [-0.3, -0.25) is 19.6 Å². The van der Waals surface area contributed by atoms with E-state index >= 15 is 0 Å². The molecule has 0 spiro atoms. The molecule has 8 nitrogen and oxygen atoms in total. The van der Waals surface area contributed by atoms with Crippen LogP contribution in [0.5, 0.6) is 0 Å². The van der Waals surface area contributed by atoms with E-state index in [0.717, 1.165) is 28.8 Å². The summed E-state index contributed by atoms with van der Waals surface area (Å²) in [7, 11) is 0. The SMILES string of the molecule is Cc1nn(C2CCCCC2)c2sc(C(=O)N[C@H]3C[C@H]4C(=O)NC(=O)N4C3)cc12. The fourth-order valence-electron chi connectivity index (χ4n) is 4.69. The third kappa shape index (κ3) is 2.80. The van der Waals surface area contributed by atoms with Crippen LogP contribution in [0.25, 0.3) is 10.2 Å². The van der Waals surface area contributed by atoms with Crippen LogP contribution in [0.3, 0.4) is 0 Å². The Morgan fingerprint density at radius 3 is 2.82 bits per heavy atom. The lowest BCUT2D eigenvalue weighted by atomic mass is 9.96. The number of carbonyl (C=O) groups excluding carboxylic acids is 3. The van der Waals surface area contributed by atoms with Crippen LogP contribution in [-0.4, -0.2) is 51.2 Å². The maximum atomic E-state index is 12.8. The lowest BCUT2D eigenvalue weighted by Crippen LogP contribution is -2.39. The van der Waals surface area contributed by atoms with E-state index in [2.05, 4.69) is 15.3 Å². The monoisotopic (exact) mass is 401 g/mol. The molecule has 148 valence electrons. The molecule has 0 radical (unpaired) electrons. The summed E-state index contributed by atoms with van der Waals surface area (Å²) in [5, 5.41) is 11.1. The maximum Gasteiger partial charge on any atom is 0.324 e. The molecule has 5 rings (SSSR count). The number of aromatic nitrogens is 2. The molecule has 9 heteroatoms. The Labute approximate surface area is 166 Å². The molecule has 0 unspecified atom stereocenters. The van der Waals surface area contributed by atoms with Crippen molar-refractivity contribution >= 4 is 39.4 Å². The number of thiophene rings is 1. The summed E-state index contributed by atoms with van der Waals surface area (Å²) in [6.07, 6.45) is 6.50. The number of nitrogens with one attached hydrogen (secondary N) is 2. The minimum absolute atomic E-state index is 0.144. The molecule has 4 heterocycles. The van der Waals surface area contributed by atoms with Gasteiger partial charge >= 0.3 is 6.03 Å². The van der Waals surface area contributed by atoms with Gasteiger partial charge in [0, 0.05) is 18.0 Å². The first-order valence-electron chi connectivity index (χ1n) is 9.92. The molecule has 0 bridgehead atoms. The average Bonchev–Trinajstić information content (AvgIpc) is 3.41. The highest BCUT2D eigenvalue weighted by molar-refractivity contribution is 7.20. The van der Waals surface area contributed by atoms with Crippen molar-refractivity contribution in [1.82, 2.24) is 25.3 Å². The van der Waals surface area contributed by atoms with Crippen LogP contribution < -0.4 is 10.6 Å². The predicted octanol–water partition coefficient (Wildman–Crippen LogP) is 2.33. The van der Waals surface area contributed by atoms with Crippen LogP contribution in [0, 0.1) is 6.92 Å². The molecule has 2 N–H and O–H groups in total. The third-order valence-electron chi connectivity index (χ3n) is 6.14. The number of imide groups is 1. The number of hydrogen-bond acceptors (Lipinski definition) is 5. The minimum Gasteiger partial charge on any atom is -0.347 e. The van der Waals surface area contributed by atoms with Crippen LogP contribution in [-0.2, 0) is 4.79 Å². The van der Waals surface area contributed by atoms with Crippen LogP contribution in [0.2, 0.25) is 0 Å². The van der Waals surface area contributed by atoms with Gasteiger partial charge in [0.2, 0.25) is 0 Å². The van der Waals surface area contributed by atoms with E-state index in [1.165, 1.54) is 35.5 Å². The first-order chi connectivity index (χ1) is 13.5. The third-order valence-corrected chi connectivity index (χ3v) is 7.27. The van der Waals surface area contributed by atoms with Crippen LogP contribution >= 0.6 is 11.3 Å². The van der Waals surface area contributed by atoms with Gasteiger partial charge in [0.05, 0.1) is 16.6 Å². The zero-order valence-corrected chi connectivity index (χ0v) is 16.6. The molecule has 4 amide bonds. The van der Waals surface area contributed by atoms with Crippen molar-refractivity contribution in [2.24, 2.45) is 0 Å². The van der Waals surface area contributed by atoms with Crippen molar-refractivity contribution in [3.05, 3.63) is 16.6 Å². The first-order valence-corrected chi connectivity index (χ1v) is 10.7. The standard InChI is InChI=1S/C19H23N5O3S/c1-10-13-8-15(28-18(13)24(22-10)12-5-3-2-4-6-12)17(26)20-11-7-14-16(25)21-19(27)23(14)9-11/h8,11-12,14H,2-7,9H2,1H3,(H,20,26)(H,21,25,27)/t11-,14-/m0/s1. The number of aryl methyl sites for hydroxylation is 1. The Kier molecular flexibility index (Phi) is 4.15. The van der Waals surface area contributed by atoms with Gasteiger partial charge < -0.3 is 10.2 Å². The highest BCUT2D eigenvalue weighted by atomic mass is 32.1. The molecule has 28 heavy (non-hydrogen) atoms. The normalized spacial score (nSPS) is 25.4. The maximum absolute atomic E-state index is 12.8. The van der Waals surface area contributed by atoms with E-state index in [-0.39, 0.29) is 23.9 Å². The topological polar surface area (TPSA) is 96.3 Å². The summed E-state index contributed by atoms with van der Waals surface area (Å²) in [6.45, 7) is 2.36. The van der Waals surface area contributed by atoms with Gasteiger partial charge in [0.15, 0.2) is 0 Å². The smallest absolute Gasteiger partial charge is 0.324 e. The number of fused-ring (bicyclic) bond motifs is 2. The van der Waals surface area contributed by atoms with Gasteiger partial charge in [0.25, 0.3) is 11.8 Å². The lowest BCUT2D eigenvalue weighted by Gasteiger charge is -2.22. The summed E-state index contributed by atoms with van der Waals surface area (Å²) in [5.41, 5.74) is 0.958.